The molecule has 2 atom stereocenters. The first-order valence-electron chi connectivity index (χ1n) is 5.43. The number of amides is 1. The van der Waals surface area contributed by atoms with Crippen LogP contribution in [0.4, 0.5) is 0 Å². The van der Waals surface area contributed by atoms with Crippen LogP contribution in [0.3, 0.4) is 0 Å². The predicted molar refractivity (Wildman–Crippen MR) is 58.8 cm³/mol. The van der Waals surface area contributed by atoms with Gasteiger partial charge >= 0.3 is 0 Å². The zero-order valence-electron chi connectivity index (χ0n) is 8.44. The zero-order valence-corrected chi connectivity index (χ0v) is 8.44. The third-order valence-electron chi connectivity index (χ3n) is 3.32. The molecule has 1 N–H and O–H groups in total. The molecule has 76 valence electrons. The summed E-state index contributed by atoms with van der Waals surface area (Å²) in [5.41, 5.74) is 2.07. The monoisotopic (exact) mass is 199 g/mol. The van der Waals surface area contributed by atoms with Crippen LogP contribution >= 0.6 is 0 Å². The van der Waals surface area contributed by atoms with Crippen molar-refractivity contribution in [2.45, 2.75) is 24.8 Å². The van der Waals surface area contributed by atoms with E-state index < -0.39 is 0 Å². The lowest BCUT2D eigenvalue weighted by molar-refractivity contribution is 0.0923. The highest BCUT2D eigenvalue weighted by Gasteiger charge is 2.32. The summed E-state index contributed by atoms with van der Waals surface area (Å²) in [4.78, 5) is 11.8. The quantitative estimate of drug-likeness (QED) is 0.638. The van der Waals surface area contributed by atoms with E-state index in [4.69, 9.17) is 0 Å². The van der Waals surface area contributed by atoms with Crippen molar-refractivity contribution in [2.24, 2.45) is 0 Å². The van der Waals surface area contributed by atoms with Crippen LogP contribution in [0.25, 0.3) is 0 Å². The summed E-state index contributed by atoms with van der Waals surface area (Å²) >= 11 is 0. The van der Waals surface area contributed by atoms with Gasteiger partial charge < -0.3 is 5.32 Å². The van der Waals surface area contributed by atoms with E-state index in [1.54, 1.807) is 0 Å². The van der Waals surface area contributed by atoms with E-state index in [1.165, 1.54) is 5.56 Å². The van der Waals surface area contributed by atoms with Crippen LogP contribution in [0.15, 0.2) is 36.4 Å². The standard InChI is InChI=1S/C13H13NO/c15-13-11-7-2-1-5-9(11)10-6-3-4-8-12(10)14-13/h1-2,4-5,7-8,10,12H,3,6H2,(H,14,15). The van der Waals surface area contributed by atoms with Gasteiger partial charge in [-0.25, -0.2) is 0 Å². The fourth-order valence-electron chi connectivity index (χ4n) is 2.59. The molecule has 1 aliphatic heterocycles. The first-order chi connectivity index (χ1) is 7.36. The van der Waals surface area contributed by atoms with Crippen LogP contribution in [0.2, 0.25) is 0 Å². The van der Waals surface area contributed by atoms with Crippen LogP contribution < -0.4 is 5.32 Å². The van der Waals surface area contributed by atoms with Gasteiger partial charge in [-0.1, -0.05) is 30.4 Å². The largest absolute Gasteiger partial charge is 0.345 e. The normalized spacial score (nSPS) is 27.9. The summed E-state index contributed by atoms with van der Waals surface area (Å²) in [7, 11) is 0. The molecule has 0 spiro atoms. The predicted octanol–water partition coefficient (Wildman–Crippen LogP) is 2.23. The fourth-order valence-corrected chi connectivity index (χ4v) is 2.59. The van der Waals surface area contributed by atoms with Crippen molar-refractivity contribution in [3.63, 3.8) is 0 Å². The number of hydrogen-bond donors (Lipinski definition) is 1. The second-order valence-electron chi connectivity index (χ2n) is 4.20. The lowest BCUT2D eigenvalue weighted by Gasteiger charge is -2.34. The number of hydrogen-bond acceptors (Lipinski definition) is 1. The molecule has 0 saturated carbocycles. The van der Waals surface area contributed by atoms with E-state index in [0.29, 0.717) is 5.92 Å². The Bertz CT molecular complexity index is 436. The molecule has 0 fully saturated rings. The van der Waals surface area contributed by atoms with E-state index in [-0.39, 0.29) is 11.9 Å². The molecule has 0 radical (unpaired) electrons. The first-order valence-corrected chi connectivity index (χ1v) is 5.43. The molecule has 15 heavy (non-hydrogen) atoms. The van der Waals surface area contributed by atoms with Crippen LogP contribution in [0, 0.1) is 0 Å². The van der Waals surface area contributed by atoms with Gasteiger partial charge in [0.2, 0.25) is 0 Å². The third kappa shape index (κ3) is 1.29. The molecule has 3 rings (SSSR count). The highest BCUT2D eigenvalue weighted by atomic mass is 16.1. The van der Waals surface area contributed by atoms with E-state index >= 15 is 0 Å². The number of carbonyl (C=O) groups is 1. The smallest absolute Gasteiger partial charge is 0.252 e. The molecule has 2 heteroatoms. The number of rotatable bonds is 0. The maximum Gasteiger partial charge on any atom is 0.252 e. The van der Waals surface area contributed by atoms with Gasteiger partial charge in [0.1, 0.15) is 0 Å². The van der Waals surface area contributed by atoms with Gasteiger partial charge in [-0.05, 0) is 24.5 Å². The highest BCUT2D eigenvalue weighted by Crippen LogP contribution is 2.34. The summed E-state index contributed by atoms with van der Waals surface area (Å²) in [6.07, 6.45) is 6.54. The van der Waals surface area contributed by atoms with E-state index in [0.717, 1.165) is 18.4 Å². The summed E-state index contributed by atoms with van der Waals surface area (Å²) in [5.74, 6) is 0.544. The van der Waals surface area contributed by atoms with Crippen LogP contribution in [0.1, 0.15) is 34.7 Å². The molecule has 1 heterocycles. The Morgan fingerprint density at radius 2 is 2.13 bits per heavy atom. The average molecular weight is 199 g/mol. The maximum absolute atomic E-state index is 11.8. The minimum atomic E-state index is 0.0680. The van der Waals surface area contributed by atoms with Crippen molar-refractivity contribution in [1.29, 1.82) is 0 Å². The molecule has 1 aliphatic carbocycles. The van der Waals surface area contributed by atoms with Gasteiger partial charge in [-0.3, -0.25) is 4.79 Å². The Morgan fingerprint density at radius 1 is 1.27 bits per heavy atom. The Balaban J connectivity index is 2.12. The molecular weight excluding hydrogens is 186 g/mol. The third-order valence-corrected chi connectivity index (χ3v) is 3.32. The summed E-state index contributed by atoms with van der Waals surface area (Å²) in [6, 6.07) is 8.16. The van der Waals surface area contributed by atoms with Crippen molar-refractivity contribution < 1.29 is 4.79 Å². The Hall–Kier alpha value is -1.57. The molecule has 1 amide bonds. The Labute approximate surface area is 89.0 Å². The van der Waals surface area contributed by atoms with Crippen molar-refractivity contribution >= 4 is 5.91 Å². The Kier molecular flexibility index (Phi) is 1.88. The second kappa shape index (κ2) is 3.23. The molecule has 0 bridgehead atoms. The number of benzene rings is 1. The van der Waals surface area contributed by atoms with Crippen LogP contribution in [0.5, 0.6) is 0 Å². The molecule has 2 nitrogen and oxygen atoms in total. The van der Waals surface area contributed by atoms with Crippen LogP contribution in [-0.4, -0.2) is 11.9 Å². The number of allylic oxidation sites excluding steroid dienone is 1. The van der Waals surface area contributed by atoms with Crippen molar-refractivity contribution in [3.8, 4) is 0 Å². The molecule has 2 aliphatic rings. The highest BCUT2D eigenvalue weighted by molar-refractivity contribution is 5.97. The number of carbonyl (C=O) groups excluding carboxylic acids is 1. The summed E-state index contributed by atoms with van der Waals surface area (Å²) < 4.78 is 0. The maximum atomic E-state index is 11.8. The average Bonchev–Trinajstić information content (AvgIpc) is 2.30. The minimum absolute atomic E-state index is 0.0680. The van der Waals surface area contributed by atoms with Crippen LogP contribution in [-0.2, 0) is 0 Å². The van der Waals surface area contributed by atoms with Gasteiger partial charge in [0, 0.05) is 11.5 Å². The van der Waals surface area contributed by atoms with Crippen molar-refractivity contribution in [1.82, 2.24) is 5.32 Å². The van der Waals surface area contributed by atoms with E-state index in [2.05, 4.69) is 23.5 Å². The lowest BCUT2D eigenvalue weighted by atomic mass is 9.79. The number of fused-ring (bicyclic) bond motifs is 3. The molecule has 1 aromatic carbocycles. The lowest BCUT2D eigenvalue weighted by Crippen LogP contribution is -2.44. The van der Waals surface area contributed by atoms with E-state index in [9.17, 15) is 4.79 Å². The van der Waals surface area contributed by atoms with Gasteiger partial charge in [0.05, 0.1) is 6.04 Å². The van der Waals surface area contributed by atoms with Gasteiger partial charge in [0.15, 0.2) is 0 Å². The van der Waals surface area contributed by atoms with Gasteiger partial charge in [-0.15, -0.1) is 0 Å². The zero-order chi connectivity index (χ0) is 10.3. The second-order valence-corrected chi connectivity index (χ2v) is 4.20. The molecule has 0 aromatic heterocycles. The fraction of sp³-hybridized carbons (Fsp3) is 0.308. The molecule has 1 aromatic rings. The molecular formula is C13H13NO. The summed E-state index contributed by atoms with van der Waals surface area (Å²) in [6.45, 7) is 0. The van der Waals surface area contributed by atoms with Crippen molar-refractivity contribution in [3.05, 3.63) is 47.5 Å². The molecule has 0 saturated heterocycles. The van der Waals surface area contributed by atoms with Gasteiger partial charge in [0.25, 0.3) is 5.91 Å². The van der Waals surface area contributed by atoms with E-state index in [1.807, 2.05) is 18.2 Å². The topological polar surface area (TPSA) is 29.1 Å². The molecule has 2 unspecified atom stereocenters. The first kappa shape index (κ1) is 8.72. The minimum Gasteiger partial charge on any atom is -0.345 e. The SMILES string of the molecule is O=C1NC2C=CCCC2c2ccccc21. The number of nitrogens with one attached hydrogen (secondary N) is 1. The van der Waals surface area contributed by atoms with Crippen molar-refractivity contribution in [2.75, 3.05) is 0 Å². The summed E-state index contributed by atoms with van der Waals surface area (Å²) in [5, 5.41) is 3.05. The van der Waals surface area contributed by atoms with Gasteiger partial charge in [-0.2, -0.15) is 0 Å². The Morgan fingerprint density at radius 3 is 3.07 bits per heavy atom.